The minimum absolute atomic E-state index is 0.0983. The van der Waals surface area contributed by atoms with Crippen LogP contribution in [-0.4, -0.2) is 5.78 Å². The maximum absolute atomic E-state index is 11.0. The molecular weight excluding hydrogens is 184 g/mol. The van der Waals surface area contributed by atoms with Crippen LogP contribution >= 0.6 is 11.6 Å². The molecule has 0 aliphatic heterocycles. The molecule has 13 heavy (non-hydrogen) atoms. The molecule has 2 heteroatoms. The Bertz CT molecular complexity index is 289. The van der Waals surface area contributed by atoms with Crippen molar-refractivity contribution in [2.75, 3.05) is 0 Å². The summed E-state index contributed by atoms with van der Waals surface area (Å²) in [5.74, 6) is 0.330. The van der Waals surface area contributed by atoms with Crippen molar-refractivity contribution >= 4 is 17.4 Å². The molecule has 0 heterocycles. The predicted octanol–water partition coefficient (Wildman–Crippen LogP) is 3.11. The summed E-state index contributed by atoms with van der Waals surface area (Å²) < 4.78 is 0. The lowest BCUT2D eigenvalue weighted by atomic mass is 9.98. The van der Waals surface area contributed by atoms with Gasteiger partial charge in [0.15, 0.2) is 0 Å². The van der Waals surface area contributed by atoms with Crippen molar-refractivity contribution in [3.05, 3.63) is 34.9 Å². The first kappa shape index (κ1) is 10.3. The van der Waals surface area contributed by atoms with E-state index in [1.807, 2.05) is 31.2 Å². The summed E-state index contributed by atoms with van der Waals surface area (Å²) in [5.41, 5.74) is 1.16. The highest BCUT2D eigenvalue weighted by Crippen LogP contribution is 2.13. The maximum Gasteiger partial charge on any atom is 0.132 e. The molecule has 1 atom stereocenters. The molecule has 0 aromatic heterocycles. The first-order valence-corrected chi connectivity index (χ1v) is 4.72. The van der Waals surface area contributed by atoms with Crippen molar-refractivity contribution in [2.45, 2.75) is 20.3 Å². The van der Waals surface area contributed by atoms with Crippen molar-refractivity contribution in [1.82, 2.24) is 0 Å². The standard InChI is InChI=1S/C11H13ClO/c1-8(9(2)13)7-10-3-5-11(12)6-4-10/h3-6,8H,7H2,1-2H3. The third kappa shape index (κ3) is 3.19. The van der Waals surface area contributed by atoms with Crippen molar-refractivity contribution in [1.29, 1.82) is 0 Å². The van der Waals surface area contributed by atoms with Gasteiger partial charge in [-0.1, -0.05) is 30.7 Å². The predicted molar refractivity (Wildman–Crippen MR) is 55.0 cm³/mol. The molecule has 0 aliphatic carbocycles. The van der Waals surface area contributed by atoms with E-state index < -0.39 is 0 Å². The van der Waals surface area contributed by atoms with Crippen LogP contribution in [-0.2, 0) is 11.2 Å². The molecule has 70 valence electrons. The van der Waals surface area contributed by atoms with E-state index in [4.69, 9.17) is 11.6 Å². The number of rotatable bonds is 3. The lowest BCUT2D eigenvalue weighted by molar-refractivity contribution is -0.120. The Kier molecular flexibility index (Phi) is 3.49. The van der Waals surface area contributed by atoms with Crippen LogP contribution in [0.2, 0.25) is 5.02 Å². The van der Waals surface area contributed by atoms with Crippen molar-refractivity contribution in [3.63, 3.8) is 0 Å². The third-order valence-electron chi connectivity index (χ3n) is 2.15. The van der Waals surface area contributed by atoms with E-state index in [0.29, 0.717) is 0 Å². The summed E-state index contributed by atoms with van der Waals surface area (Å²) in [6.45, 7) is 3.57. The number of carbonyl (C=O) groups excluding carboxylic acids is 1. The zero-order chi connectivity index (χ0) is 9.84. The Balaban J connectivity index is 2.64. The van der Waals surface area contributed by atoms with Crippen molar-refractivity contribution in [2.24, 2.45) is 5.92 Å². The SMILES string of the molecule is CC(=O)C(C)Cc1ccc(Cl)cc1. The van der Waals surface area contributed by atoms with Crippen LogP contribution in [0.5, 0.6) is 0 Å². The van der Waals surface area contributed by atoms with E-state index >= 15 is 0 Å². The molecule has 1 nitrogen and oxygen atoms in total. The zero-order valence-electron chi connectivity index (χ0n) is 7.88. The second-order valence-electron chi connectivity index (χ2n) is 3.34. The van der Waals surface area contributed by atoms with Gasteiger partial charge in [0.2, 0.25) is 0 Å². The van der Waals surface area contributed by atoms with E-state index in [2.05, 4.69) is 0 Å². The molecule has 0 bridgehead atoms. The van der Waals surface area contributed by atoms with Crippen LogP contribution in [0.25, 0.3) is 0 Å². The summed E-state index contributed by atoms with van der Waals surface area (Å²) in [4.78, 5) is 11.0. The van der Waals surface area contributed by atoms with Crippen LogP contribution < -0.4 is 0 Å². The molecule has 0 spiro atoms. The highest BCUT2D eigenvalue weighted by molar-refractivity contribution is 6.30. The largest absolute Gasteiger partial charge is 0.300 e. The second kappa shape index (κ2) is 4.43. The Morgan fingerprint density at radius 2 is 1.92 bits per heavy atom. The molecule has 1 aromatic rings. The third-order valence-corrected chi connectivity index (χ3v) is 2.40. The number of hydrogen-bond donors (Lipinski definition) is 0. The highest BCUT2D eigenvalue weighted by atomic mass is 35.5. The average molecular weight is 197 g/mol. The number of benzene rings is 1. The van der Waals surface area contributed by atoms with E-state index in [1.54, 1.807) is 6.92 Å². The van der Waals surface area contributed by atoms with Gasteiger partial charge in [0.05, 0.1) is 0 Å². The van der Waals surface area contributed by atoms with Crippen LogP contribution in [0, 0.1) is 5.92 Å². The van der Waals surface area contributed by atoms with Crippen LogP contribution in [0.4, 0.5) is 0 Å². The fourth-order valence-electron chi connectivity index (χ4n) is 1.12. The molecule has 1 aromatic carbocycles. The molecule has 0 N–H and O–H groups in total. The average Bonchev–Trinajstić information content (AvgIpc) is 2.08. The molecule has 0 saturated carbocycles. The normalized spacial score (nSPS) is 12.5. The molecule has 1 unspecified atom stereocenters. The van der Waals surface area contributed by atoms with Gasteiger partial charge in [-0.2, -0.15) is 0 Å². The highest BCUT2D eigenvalue weighted by Gasteiger charge is 2.07. The molecular formula is C11H13ClO. The Hall–Kier alpha value is -0.820. The summed E-state index contributed by atoms with van der Waals surface area (Å²) >= 11 is 5.74. The Labute approximate surface area is 83.7 Å². The van der Waals surface area contributed by atoms with Crippen molar-refractivity contribution < 1.29 is 4.79 Å². The minimum Gasteiger partial charge on any atom is -0.300 e. The topological polar surface area (TPSA) is 17.1 Å². The fourth-order valence-corrected chi connectivity index (χ4v) is 1.24. The number of carbonyl (C=O) groups is 1. The van der Waals surface area contributed by atoms with Gasteiger partial charge in [-0.05, 0) is 31.0 Å². The van der Waals surface area contributed by atoms with Crippen molar-refractivity contribution in [3.8, 4) is 0 Å². The Morgan fingerprint density at radius 1 is 1.38 bits per heavy atom. The molecule has 0 fully saturated rings. The summed E-state index contributed by atoms with van der Waals surface area (Å²) in [6.07, 6.45) is 0.798. The quantitative estimate of drug-likeness (QED) is 0.726. The maximum atomic E-state index is 11.0. The second-order valence-corrected chi connectivity index (χ2v) is 3.78. The molecule has 0 aliphatic rings. The minimum atomic E-state index is 0.0983. The van der Waals surface area contributed by atoms with E-state index in [0.717, 1.165) is 17.0 Å². The molecule has 0 amide bonds. The first-order chi connectivity index (χ1) is 6.09. The summed E-state index contributed by atoms with van der Waals surface area (Å²) in [5, 5.41) is 0.735. The van der Waals surface area contributed by atoms with Crippen LogP contribution in [0.3, 0.4) is 0 Å². The molecule has 0 saturated heterocycles. The van der Waals surface area contributed by atoms with Gasteiger partial charge in [-0.15, -0.1) is 0 Å². The number of halogens is 1. The van der Waals surface area contributed by atoms with Gasteiger partial charge in [-0.3, -0.25) is 4.79 Å². The number of hydrogen-bond acceptors (Lipinski definition) is 1. The lowest BCUT2D eigenvalue weighted by Crippen LogP contribution is -2.09. The van der Waals surface area contributed by atoms with Gasteiger partial charge in [0.1, 0.15) is 5.78 Å². The first-order valence-electron chi connectivity index (χ1n) is 4.34. The van der Waals surface area contributed by atoms with Crippen LogP contribution in [0.1, 0.15) is 19.4 Å². The fraction of sp³-hybridized carbons (Fsp3) is 0.364. The van der Waals surface area contributed by atoms with Gasteiger partial charge in [-0.25, -0.2) is 0 Å². The summed E-state index contributed by atoms with van der Waals surface area (Å²) in [7, 11) is 0. The zero-order valence-corrected chi connectivity index (χ0v) is 8.64. The lowest BCUT2D eigenvalue weighted by Gasteiger charge is -2.06. The van der Waals surface area contributed by atoms with E-state index in [1.165, 1.54) is 0 Å². The Morgan fingerprint density at radius 3 is 2.38 bits per heavy atom. The van der Waals surface area contributed by atoms with Gasteiger partial charge in [0, 0.05) is 10.9 Å². The van der Waals surface area contributed by atoms with Gasteiger partial charge < -0.3 is 0 Å². The molecule has 1 rings (SSSR count). The van der Waals surface area contributed by atoms with E-state index in [9.17, 15) is 4.79 Å². The summed E-state index contributed by atoms with van der Waals surface area (Å²) in [6, 6.07) is 7.62. The number of Topliss-reactive ketones (excluding diaryl/α,β-unsaturated/α-hetero) is 1. The van der Waals surface area contributed by atoms with Gasteiger partial charge in [0.25, 0.3) is 0 Å². The van der Waals surface area contributed by atoms with E-state index in [-0.39, 0.29) is 11.7 Å². The van der Waals surface area contributed by atoms with Gasteiger partial charge >= 0.3 is 0 Å². The van der Waals surface area contributed by atoms with Crippen LogP contribution in [0.15, 0.2) is 24.3 Å². The monoisotopic (exact) mass is 196 g/mol. The number of ketones is 1. The smallest absolute Gasteiger partial charge is 0.132 e. The molecule has 0 radical (unpaired) electrons.